The number of pyridine rings is 1. The fourth-order valence-corrected chi connectivity index (χ4v) is 2.96. The zero-order valence-electron chi connectivity index (χ0n) is 10.1. The molecule has 2 aliphatic rings. The lowest BCUT2D eigenvalue weighted by Crippen LogP contribution is -2.44. The molecule has 0 aliphatic carbocycles. The molecule has 0 saturated carbocycles. The Balaban J connectivity index is 1.73. The zero-order valence-corrected chi connectivity index (χ0v) is 10.1. The first-order chi connectivity index (χ1) is 8.74. The molecule has 3 heterocycles. The van der Waals surface area contributed by atoms with E-state index in [1.165, 1.54) is 12.5 Å². The maximum atomic E-state index is 10.6. The Labute approximate surface area is 105 Å². The maximum absolute atomic E-state index is 10.6. The van der Waals surface area contributed by atoms with E-state index in [1.54, 1.807) is 12.3 Å². The van der Waals surface area contributed by atoms with Crippen LogP contribution in [-0.4, -0.2) is 35.6 Å². The number of nitrogens with one attached hydrogen (secondary N) is 1. The number of hydrogen-bond donors (Lipinski definition) is 1. The summed E-state index contributed by atoms with van der Waals surface area (Å²) in [7, 11) is 0. The molecule has 1 aromatic heterocycles. The molecule has 1 N–H and O–H groups in total. The highest BCUT2D eigenvalue weighted by molar-refractivity contribution is 5.47. The van der Waals surface area contributed by atoms with E-state index in [1.807, 2.05) is 0 Å². The van der Waals surface area contributed by atoms with Crippen molar-refractivity contribution in [1.82, 2.24) is 10.3 Å². The van der Waals surface area contributed by atoms with Crippen molar-refractivity contribution in [3.05, 3.63) is 28.4 Å². The van der Waals surface area contributed by atoms with E-state index >= 15 is 0 Å². The normalized spacial score (nSPS) is 27.0. The lowest BCUT2D eigenvalue weighted by molar-refractivity contribution is -0.389. The number of rotatable bonds is 2. The second kappa shape index (κ2) is 4.53. The number of aromatic nitrogens is 1. The molecule has 96 valence electrons. The third-order valence-corrected chi connectivity index (χ3v) is 3.94. The Morgan fingerprint density at radius 1 is 1.44 bits per heavy atom. The monoisotopic (exact) mass is 248 g/mol. The van der Waals surface area contributed by atoms with Crippen molar-refractivity contribution >= 4 is 11.5 Å². The first kappa shape index (κ1) is 11.4. The predicted molar refractivity (Wildman–Crippen MR) is 67.6 cm³/mol. The minimum absolute atomic E-state index is 0.0869. The topological polar surface area (TPSA) is 71.3 Å². The number of hydrogen-bond acceptors (Lipinski definition) is 5. The number of anilines is 1. The Kier molecular flexibility index (Phi) is 2.87. The number of nitrogens with zero attached hydrogens (tertiary/aromatic N) is 3. The third-order valence-electron chi connectivity index (χ3n) is 3.94. The number of piperidine rings is 1. The van der Waals surface area contributed by atoms with Crippen molar-refractivity contribution in [2.75, 3.05) is 24.5 Å². The van der Waals surface area contributed by atoms with Crippen LogP contribution in [0.3, 0.4) is 0 Å². The maximum Gasteiger partial charge on any atom is 0.363 e. The minimum Gasteiger partial charge on any atom is -0.368 e. The van der Waals surface area contributed by atoms with Crippen LogP contribution >= 0.6 is 0 Å². The largest absolute Gasteiger partial charge is 0.368 e. The highest BCUT2D eigenvalue weighted by atomic mass is 16.6. The molecule has 0 amide bonds. The lowest BCUT2D eigenvalue weighted by Gasteiger charge is -2.35. The molecule has 18 heavy (non-hydrogen) atoms. The average molecular weight is 248 g/mol. The van der Waals surface area contributed by atoms with Crippen molar-refractivity contribution < 1.29 is 4.92 Å². The summed E-state index contributed by atoms with van der Waals surface area (Å²) in [6.07, 6.45) is 3.98. The standard InChI is InChI=1S/C12H16N4O2/c17-16(18)12-2-1-10(7-14-12)15-6-4-11-9(8-15)3-5-13-11/h1-2,7,9,11,13H,3-6,8H2. The van der Waals surface area contributed by atoms with Gasteiger partial charge in [-0.15, -0.1) is 0 Å². The quantitative estimate of drug-likeness (QED) is 0.628. The first-order valence-electron chi connectivity index (χ1n) is 6.33. The van der Waals surface area contributed by atoms with Crippen LogP contribution in [0, 0.1) is 16.0 Å². The van der Waals surface area contributed by atoms with Gasteiger partial charge in [0.15, 0.2) is 6.20 Å². The molecule has 2 atom stereocenters. The van der Waals surface area contributed by atoms with Gasteiger partial charge in [-0.1, -0.05) is 0 Å². The molecule has 6 heteroatoms. The van der Waals surface area contributed by atoms with Gasteiger partial charge < -0.3 is 20.3 Å². The van der Waals surface area contributed by atoms with Gasteiger partial charge >= 0.3 is 5.82 Å². The van der Waals surface area contributed by atoms with Gasteiger partial charge in [-0.05, 0) is 41.3 Å². The number of nitro groups is 1. The van der Waals surface area contributed by atoms with Gasteiger partial charge in [-0.3, -0.25) is 0 Å². The minimum atomic E-state index is -0.461. The van der Waals surface area contributed by atoms with Crippen molar-refractivity contribution in [3.8, 4) is 0 Å². The van der Waals surface area contributed by atoms with Crippen LogP contribution in [0.4, 0.5) is 11.5 Å². The Morgan fingerprint density at radius 2 is 2.33 bits per heavy atom. The Hall–Kier alpha value is -1.69. The SMILES string of the molecule is O=[N+]([O-])c1ccc(N2CCC3NCCC3C2)cn1. The molecule has 1 aromatic rings. The van der Waals surface area contributed by atoms with E-state index in [0.717, 1.165) is 31.7 Å². The van der Waals surface area contributed by atoms with Crippen LogP contribution in [0.2, 0.25) is 0 Å². The van der Waals surface area contributed by atoms with Crippen molar-refractivity contribution in [2.45, 2.75) is 18.9 Å². The average Bonchev–Trinajstić information content (AvgIpc) is 2.86. The lowest BCUT2D eigenvalue weighted by atomic mass is 9.93. The molecule has 2 aliphatic heterocycles. The van der Waals surface area contributed by atoms with Crippen LogP contribution < -0.4 is 10.2 Å². The molecule has 0 spiro atoms. The molecule has 0 radical (unpaired) electrons. The first-order valence-corrected chi connectivity index (χ1v) is 6.33. The third kappa shape index (κ3) is 2.03. The molecule has 0 bridgehead atoms. The van der Waals surface area contributed by atoms with Gasteiger partial charge in [0.05, 0.1) is 5.69 Å². The van der Waals surface area contributed by atoms with E-state index < -0.39 is 4.92 Å². The smallest absolute Gasteiger partial charge is 0.363 e. The van der Waals surface area contributed by atoms with Crippen LogP contribution in [0.25, 0.3) is 0 Å². The fourth-order valence-electron chi connectivity index (χ4n) is 2.96. The summed E-state index contributed by atoms with van der Waals surface area (Å²) < 4.78 is 0. The summed E-state index contributed by atoms with van der Waals surface area (Å²) in [5.41, 5.74) is 0.992. The van der Waals surface area contributed by atoms with Crippen LogP contribution in [0.5, 0.6) is 0 Å². The Bertz CT molecular complexity index is 448. The van der Waals surface area contributed by atoms with E-state index in [0.29, 0.717) is 12.0 Å². The van der Waals surface area contributed by atoms with E-state index in [9.17, 15) is 10.1 Å². The van der Waals surface area contributed by atoms with Gasteiger partial charge in [0.1, 0.15) is 0 Å². The van der Waals surface area contributed by atoms with Gasteiger partial charge in [-0.25, -0.2) is 0 Å². The molecule has 2 saturated heterocycles. The van der Waals surface area contributed by atoms with Gasteiger partial charge in [-0.2, -0.15) is 0 Å². The molecule has 3 rings (SSSR count). The molecule has 0 aromatic carbocycles. The highest BCUT2D eigenvalue weighted by Gasteiger charge is 2.32. The van der Waals surface area contributed by atoms with Gasteiger partial charge in [0.2, 0.25) is 0 Å². The summed E-state index contributed by atoms with van der Waals surface area (Å²) in [6, 6.07) is 3.94. The highest BCUT2D eigenvalue weighted by Crippen LogP contribution is 2.28. The summed E-state index contributed by atoms with van der Waals surface area (Å²) in [6.45, 7) is 3.13. The van der Waals surface area contributed by atoms with Crippen LogP contribution in [0.1, 0.15) is 12.8 Å². The Morgan fingerprint density at radius 3 is 3.06 bits per heavy atom. The molecule has 2 fully saturated rings. The van der Waals surface area contributed by atoms with Crippen molar-refractivity contribution in [3.63, 3.8) is 0 Å². The van der Waals surface area contributed by atoms with Crippen LogP contribution in [-0.2, 0) is 0 Å². The fraction of sp³-hybridized carbons (Fsp3) is 0.583. The van der Waals surface area contributed by atoms with Crippen LogP contribution in [0.15, 0.2) is 18.3 Å². The molecule has 2 unspecified atom stereocenters. The summed E-state index contributed by atoms with van der Waals surface area (Å²) in [5.74, 6) is 0.616. The predicted octanol–water partition coefficient (Wildman–Crippen LogP) is 1.18. The second-order valence-electron chi connectivity index (χ2n) is 4.98. The summed E-state index contributed by atoms with van der Waals surface area (Å²) in [5, 5.41) is 14.1. The summed E-state index contributed by atoms with van der Waals surface area (Å²) >= 11 is 0. The second-order valence-corrected chi connectivity index (χ2v) is 4.98. The molecule has 6 nitrogen and oxygen atoms in total. The van der Waals surface area contributed by atoms with E-state index in [4.69, 9.17) is 0 Å². The van der Waals surface area contributed by atoms with Crippen molar-refractivity contribution in [2.24, 2.45) is 5.92 Å². The van der Waals surface area contributed by atoms with E-state index in [2.05, 4.69) is 15.2 Å². The number of fused-ring (bicyclic) bond motifs is 1. The van der Waals surface area contributed by atoms with E-state index in [-0.39, 0.29) is 5.82 Å². The zero-order chi connectivity index (χ0) is 12.5. The van der Waals surface area contributed by atoms with Gasteiger partial charge in [0.25, 0.3) is 0 Å². The molecular formula is C12H16N4O2. The van der Waals surface area contributed by atoms with Gasteiger partial charge in [0, 0.05) is 25.2 Å². The molecular weight excluding hydrogens is 232 g/mol. The summed E-state index contributed by atoms with van der Waals surface area (Å²) in [4.78, 5) is 16.3. The van der Waals surface area contributed by atoms with Crippen molar-refractivity contribution in [1.29, 1.82) is 0 Å².